The van der Waals surface area contributed by atoms with Crippen LogP contribution in [0.25, 0.3) is 0 Å². The zero-order chi connectivity index (χ0) is 7.14. The van der Waals surface area contributed by atoms with Crippen LogP contribution >= 0.6 is 12.4 Å². The fraction of sp³-hybridized carbons (Fsp3) is 0.875. The van der Waals surface area contributed by atoms with Gasteiger partial charge in [0.2, 0.25) is 0 Å². The highest BCUT2D eigenvalue weighted by atomic mass is 35.5. The van der Waals surface area contributed by atoms with Gasteiger partial charge < -0.3 is 0 Å². The largest absolute Gasteiger partial charge is 0.298 e. The summed E-state index contributed by atoms with van der Waals surface area (Å²) in [6, 6.07) is 0. The van der Waals surface area contributed by atoms with Crippen molar-refractivity contribution in [3.05, 3.63) is 0 Å². The molecule has 64 valence electrons. The van der Waals surface area contributed by atoms with Crippen LogP contribution in [0.2, 0.25) is 0 Å². The highest BCUT2D eigenvalue weighted by Gasteiger charge is 2.37. The SMILES string of the molecule is CC1CN2CCC1C(=O)C2.Cl. The lowest BCUT2D eigenvalue weighted by molar-refractivity contribution is -0.133. The Morgan fingerprint density at radius 3 is 2.64 bits per heavy atom. The van der Waals surface area contributed by atoms with Crippen LogP contribution in [0.4, 0.5) is 0 Å². The Balaban J connectivity index is 0.000000605. The van der Waals surface area contributed by atoms with E-state index in [0.29, 0.717) is 17.6 Å². The summed E-state index contributed by atoms with van der Waals surface area (Å²) >= 11 is 0. The molecule has 3 rings (SSSR count). The van der Waals surface area contributed by atoms with Crippen molar-refractivity contribution in [2.24, 2.45) is 11.8 Å². The molecule has 3 fully saturated rings. The Bertz CT molecular complexity index is 171. The molecule has 2 bridgehead atoms. The summed E-state index contributed by atoms with van der Waals surface area (Å²) in [5.74, 6) is 1.50. The van der Waals surface area contributed by atoms with E-state index in [9.17, 15) is 4.79 Å². The molecule has 3 unspecified atom stereocenters. The van der Waals surface area contributed by atoms with E-state index in [1.807, 2.05) is 0 Å². The Hall–Kier alpha value is -0.0800. The first kappa shape index (κ1) is 9.01. The molecule has 3 heterocycles. The highest BCUT2D eigenvalue weighted by molar-refractivity contribution is 5.85. The predicted octanol–water partition coefficient (Wildman–Crippen LogP) is 0.949. The van der Waals surface area contributed by atoms with E-state index >= 15 is 0 Å². The smallest absolute Gasteiger partial charge is 0.150 e. The molecule has 11 heavy (non-hydrogen) atoms. The van der Waals surface area contributed by atoms with Gasteiger partial charge in [0.25, 0.3) is 0 Å². The fourth-order valence-corrected chi connectivity index (χ4v) is 2.19. The molecule has 0 aliphatic carbocycles. The first-order valence-electron chi connectivity index (χ1n) is 4.02. The summed E-state index contributed by atoms with van der Waals surface area (Å²) < 4.78 is 0. The van der Waals surface area contributed by atoms with Crippen molar-refractivity contribution in [2.45, 2.75) is 13.3 Å². The van der Waals surface area contributed by atoms with Gasteiger partial charge in [0.1, 0.15) is 5.78 Å². The van der Waals surface area contributed by atoms with Crippen LogP contribution in [0.15, 0.2) is 0 Å². The summed E-state index contributed by atoms with van der Waals surface area (Å²) in [5, 5.41) is 0. The van der Waals surface area contributed by atoms with E-state index in [-0.39, 0.29) is 12.4 Å². The van der Waals surface area contributed by atoms with E-state index in [1.165, 1.54) is 0 Å². The van der Waals surface area contributed by atoms with E-state index in [2.05, 4.69) is 11.8 Å². The van der Waals surface area contributed by atoms with E-state index < -0.39 is 0 Å². The van der Waals surface area contributed by atoms with Crippen LogP contribution in [0.5, 0.6) is 0 Å². The average Bonchev–Trinajstić information content (AvgIpc) is 1.86. The monoisotopic (exact) mass is 175 g/mol. The van der Waals surface area contributed by atoms with Gasteiger partial charge in [-0.2, -0.15) is 0 Å². The molecular weight excluding hydrogens is 162 g/mol. The molecular formula is C8H14ClNO. The molecule has 0 saturated carbocycles. The van der Waals surface area contributed by atoms with Gasteiger partial charge in [-0.15, -0.1) is 12.4 Å². The second kappa shape index (κ2) is 3.11. The van der Waals surface area contributed by atoms with Crippen molar-refractivity contribution in [1.82, 2.24) is 4.90 Å². The Morgan fingerprint density at radius 2 is 2.27 bits per heavy atom. The summed E-state index contributed by atoms with van der Waals surface area (Å²) in [6.07, 6.45) is 1.11. The van der Waals surface area contributed by atoms with Gasteiger partial charge in [0.05, 0.1) is 6.54 Å². The molecule has 0 N–H and O–H groups in total. The third kappa shape index (κ3) is 1.42. The first-order valence-corrected chi connectivity index (χ1v) is 4.02. The van der Waals surface area contributed by atoms with Crippen LogP contribution in [-0.2, 0) is 4.79 Å². The quantitative estimate of drug-likeness (QED) is 0.547. The molecule has 3 aliphatic heterocycles. The van der Waals surface area contributed by atoms with Gasteiger partial charge in [-0.1, -0.05) is 6.92 Å². The Kier molecular flexibility index (Phi) is 2.55. The third-order valence-electron chi connectivity index (χ3n) is 2.78. The Labute approximate surface area is 73.4 Å². The van der Waals surface area contributed by atoms with E-state index in [1.54, 1.807) is 0 Å². The van der Waals surface area contributed by atoms with Crippen LogP contribution in [0.3, 0.4) is 0 Å². The van der Waals surface area contributed by atoms with Crippen molar-refractivity contribution in [3.8, 4) is 0 Å². The molecule has 3 heteroatoms. The molecule has 3 aliphatic rings. The number of rotatable bonds is 0. The molecule has 0 aromatic heterocycles. The van der Waals surface area contributed by atoms with Gasteiger partial charge in [-0.3, -0.25) is 9.69 Å². The zero-order valence-corrected chi connectivity index (χ0v) is 7.56. The second-order valence-electron chi connectivity index (χ2n) is 3.57. The third-order valence-corrected chi connectivity index (χ3v) is 2.78. The van der Waals surface area contributed by atoms with Crippen LogP contribution in [0.1, 0.15) is 13.3 Å². The average molecular weight is 176 g/mol. The molecule has 0 aromatic rings. The number of ketones is 1. The maximum absolute atomic E-state index is 11.2. The topological polar surface area (TPSA) is 20.3 Å². The minimum Gasteiger partial charge on any atom is -0.298 e. The molecule has 0 amide bonds. The predicted molar refractivity (Wildman–Crippen MR) is 46.0 cm³/mol. The standard InChI is InChI=1S/C8H13NO.ClH/c1-6-4-9-3-2-7(6)8(10)5-9;/h6-7H,2-5H2,1H3;1H. The summed E-state index contributed by atoms with van der Waals surface area (Å²) in [7, 11) is 0. The van der Waals surface area contributed by atoms with Crippen LogP contribution in [-0.4, -0.2) is 30.3 Å². The number of piperidine rings is 3. The number of carbonyl (C=O) groups excluding carboxylic acids is 1. The second-order valence-corrected chi connectivity index (χ2v) is 3.57. The van der Waals surface area contributed by atoms with Crippen molar-refractivity contribution in [3.63, 3.8) is 0 Å². The van der Waals surface area contributed by atoms with Gasteiger partial charge >= 0.3 is 0 Å². The molecule has 0 spiro atoms. The minimum absolute atomic E-state index is 0. The number of halogens is 1. The lowest BCUT2D eigenvalue weighted by atomic mass is 9.79. The number of nitrogens with zero attached hydrogens (tertiary/aromatic N) is 1. The molecule has 0 radical (unpaired) electrons. The molecule has 3 atom stereocenters. The van der Waals surface area contributed by atoms with Crippen molar-refractivity contribution in [2.75, 3.05) is 19.6 Å². The summed E-state index contributed by atoms with van der Waals surface area (Å²) in [5.41, 5.74) is 0. The van der Waals surface area contributed by atoms with E-state index in [0.717, 1.165) is 26.1 Å². The first-order chi connectivity index (χ1) is 4.77. The summed E-state index contributed by atoms with van der Waals surface area (Å²) in [4.78, 5) is 13.5. The van der Waals surface area contributed by atoms with Crippen LogP contribution in [0, 0.1) is 11.8 Å². The number of hydrogen-bond donors (Lipinski definition) is 0. The normalized spacial score (nSPS) is 41.9. The fourth-order valence-electron chi connectivity index (χ4n) is 2.19. The van der Waals surface area contributed by atoms with Gasteiger partial charge in [-0.05, 0) is 18.9 Å². The van der Waals surface area contributed by atoms with Crippen molar-refractivity contribution in [1.29, 1.82) is 0 Å². The lowest BCUT2D eigenvalue weighted by Crippen LogP contribution is -2.52. The maximum Gasteiger partial charge on any atom is 0.150 e. The van der Waals surface area contributed by atoms with Crippen molar-refractivity contribution < 1.29 is 4.79 Å². The van der Waals surface area contributed by atoms with Gasteiger partial charge in [0, 0.05) is 12.5 Å². The minimum atomic E-state index is 0. The van der Waals surface area contributed by atoms with Crippen molar-refractivity contribution >= 4 is 18.2 Å². The maximum atomic E-state index is 11.2. The number of carbonyl (C=O) groups is 1. The molecule has 2 nitrogen and oxygen atoms in total. The van der Waals surface area contributed by atoms with E-state index in [4.69, 9.17) is 0 Å². The lowest BCUT2D eigenvalue weighted by Gasteiger charge is -2.42. The van der Waals surface area contributed by atoms with Gasteiger partial charge in [-0.25, -0.2) is 0 Å². The number of Topliss-reactive ketones (excluding diaryl/α,β-unsaturated/α-hetero) is 1. The van der Waals surface area contributed by atoms with Gasteiger partial charge in [0.15, 0.2) is 0 Å². The number of fused-ring (bicyclic) bond motifs is 3. The highest BCUT2D eigenvalue weighted by Crippen LogP contribution is 2.28. The molecule has 3 saturated heterocycles. The molecule has 0 aromatic carbocycles. The van der Waals surface area contributed by atoms with Crippen LogP contribution < -0.4 is 0 Å². The Morgan fingerprint density at radius 1 is 1.55 bits per heavy atom. The summed E-state index contributed by atoms with van der Waals surface area (Å²) in [6.45, 7) is 5.22. The number of hydrogen-bond acceptors (Lipinski definition) is 2. The zero-order valence-electron chi connectivity index (χ0n) is 6.75.